The first-order valence-electron chi connectivity index (χ1n) is 7.33. The molecule has 2 rings (SSSR count). The van der Waals surface area contributed by atoms with Crippen LogP contribution in [0.1, 0.15) is 0 Å². The lowest BCUT2D eigenvalue weighted by Crippen LogP contribution is -2.18. The number of alkyl halides is 3. The van der Waals surface area contributed by atoms with Crippen LogP contribution in [0.15, 0.2) is 36.4 Å². The predicted octanol–water partition coefficient (Wildman–Crippen LogP) is 3.61. The molecule has 0 aliphatic heterocycles. The molecule has 0 aliphatic rings. The summed E-state index contributed by atoms with van der Waals surface area (Å²) in [5.41, 5.74) is 6.33. The van der Waals surface area contributed by atoms with Gasteiger partial charge in [0.25, 0.3) is 0 Å². The molecule has 0 spiro atoms. The van der Waals surface area contributed by atoms with E-state index in [0.29, 0.717) is 22.6 Å². The number of methoxy groups -OCH3 is 2. The van der Waals surface area contributed by atoms with E-state index in [1.165, 1.54) is 26.4 Å². The first-order chi connectivity index (χ1) is 11.9. The van der Waals surface area contributed by atoms with Gasteiger partial charge in [-0.05, 0) is 35.9 Å². The van der Waals surface area contributed by atoms with E-state index >= 15 is 0 Å². The van der Waals surface area contributed by atoms with Gasteiger partial charge in [0.15, 0.2) is 11.5 Å². The molecule has 0 amide bonds. The molecule has 2 aromatic rings. The zero-order valence-corrected chi connectivity index (χ0v) is 13.7. The van der Waals surface area contributed by atoms with Crippen LogP contribution >= 0.6 is 0 Å². The van der Waals surface area contributed by atoms with Gasteiger partial charge in [-0.25, -0.2) is 0 Å². The van der Waals surface area contributed by atoms with Crippen molar-refractivity contribution in [3.63, 3.8) is 0 Å². The molecule has 2 aromatic carbocycles. The van der Waals surface area contributed by atoms with Crippen molar-refractivity contribution < 1.29 is 32.1 Å². The molecule has 0 atom stereocenters. The van der Waals surface area contributed by atoms with Crippen molar-refractivity contribution >= 4 is 0 Å². The summed E-state index contributed by atoms with van der Waals surface area (Å²) in [4.78, 5) is 0. The van der Waals surface area contributed by atoms with Gasteiger partial charge in [-0.2, -0.15) is 0 Å². The molecular formula is C17H18F3NO4. The standard InChI is InChI=1S/C17H18F3NO4/c1-22-12-4-6-14(23-2)13(10-12)11-3-5-15(24-8-7-21)16(9-11)25-17(18,19)20/h3-6,9-10H,7-8,21H2,1-2H3. The molecule has 0 heterocycles. The zero-order valence-electron chi connectivity index (χ0n) is 13.7. The van der Waals surface area contributed by atoms with E-state index in [1.807, 2.05) is 0 Å². The van der Waals surface area contributed by atoms with Crippen LogP contribution in [0.3, 0.4) is 0 Å². The maximum Gasteiger partial charge on any atom is 0.573 e. The maximum absolute atomic E-state index is 12.7. The lowest BCUT2D eigenvalue weighted by molar-refractivity contribution is -0.275. The van der Waals surface area contributed by atoms with E-state index in [4.69, 9.17) is 19.9 Å². The van der Waals surface area contributed by atoms with E-state index < -0.39 is 12.1 Å². The number of ether oxygens (including phenoxy) is 4. The molecule has 0 aliphatic carbocycles. The molecule has 0 fully saturated rings. The largest absolute Gasteiger partial charge is 0.573 e. The van der Waals surface area contributed by atoms with Crippen LogP contribution in [0.4, 0.5) is 13.2 Å². The zero-order chi connectivity index (χ0) is 18.4. The molecule has 25 heavy (non-hydrogen) atoms. The van der Waals surface area contributed by atoms with Gasteiger partial charge in [-0.3, -0.25) is 0 Å². The molecule has 0 saturated carbocycles. The fourth-order valence-corrected chi connectivity index (χ4v) is 2.21. The highest BCUT2D eigenvalue weighted by atomic mass is 19.4. The van der Waals surface area contributed by atoms with Gasteiger partial charge in [0.1, 0.15) is 18.1 Å². The highest BCUT2D eigenvalue weighted by Crippen LogP contribution is 2.40. The minimum atomic E-state index is -4.85. The van der Waals surface area contributed by atoms with Crippen LogP contribution < -0.4 is 24.7 Å². The summed E-state index contributed by atoms with van der Waals surface area (Å²) >= 11 is 0. The van der Waals surface area contributed by atoms with Gasteiger partial charge in [0, 0.05) is 12.1 Å². The monoisotopic (exact) mass is 357 g/mol. The first-order valence-corrected chi connectivity index (χ1v) is 7.33. The first kappa shape index (κ1) is 18.7. The van der Waals surface area contributed by atoms with E-state index in [1.54, 1.807) is 24.3 Å². The lowest BCUT2D eigenvalue weighted by atomic mass is 10.0. The van der Waals surface area contributed by atoms with Gasteiger partial charge in [0.05, 0.1) is 14.2 Å². The molecule has 8 heteroatoms. The highest BCUT2D eigenvalue weighted by molar-refractivity contribution is 5.74. The Balaban J connectivity index is 2.50. The second-order valence-electron chi connectivity index (χ2n) is 4.91. The molecule has 0 bridgehead atoms. The number of hydrogen-bond donors (Lipinski definition) is 1. The summed E-state index contributed by atoms with van der Waals surface area (Å²) in [5.74, 6) is 0.517. The van der Waals surface area contributed by atoms with Crippen molar-refractivity contribution in [1.29, 1.82) is 0 Å². The Morgan fingerprint density at radius 2 is 1.64 bits per heavy atom. The summed E-state index contributed by atoms with van der Waals surface area (Å²) in [5, 5.41) is 0. The normalized spacial score (nSPS) is 11.1. The molecule has 0 unspecified atom stereocenters. The highest BCUT2D eigenvalue weighted by Gasteiger charge is 2.32. The summed E-state index contributed by atoms with van der Waals surface area (Å²) in [6.07, 6.45) is -4.85. The fraction of sp³-hybridized carbons (Fsp3) is 0.294. The van der Waals surface area contributed by atoms with E-state index in [0.717, 1.165) is 0 Å². The van der Waals surface area contributed by atoms with Crippen LogP contribution in [0.2, 0.25) is 0 Å². The van der Waals surface area contributed by atoms with Crippen molar-refractivity contribution in [1.82, 2.24) is 0 Å². The van der Waals surface area contributed by atoms with Crippen molar-refractivity contribution in [3.8, 4) is 34.1 Å². The quantitative estimate of drug-likeness (QED) is 0.820. The SMILES string of the molecule is COc1ccc(OC)c(-c2ccc(OCCN)c(OC(F)(F)F)c2)c1. The molecule has 0 saturated heterocycles. The molecule has 0 aromatic heterocycles. The average molecular weight is 357 g/mol. The van der Waals surface area contributed by atoms with Crippen molar-refractivity contribution in [2.45, 2.75) is 6.36 Å². The molecule has 136 valence electrons. The second kappa shape index (κ2) is 7.98. The number of benzene rings is 2. The Labute approximate surface area is 143 Å². The Bertz CT molecular complexity index is 720. The van der Waals surface area contributed by atoms with Crippen LogP contribution in [-0.4, -0.2) is 33.7 Å². The topological polar surface area (TPSA) is 62.9 Å². The molecule has 0 radical (unpaired) electrons. The second-order valence-corrected chi connectivity index (χ2v) is 4.91. The van der Waals surface area contributed by atoms with Crippen molar-refractivity contribution in [2.24, 2.45) is 5.73 Å². The third-order valence-corrected chi connectivity index (χ3v) is 3.26. The van der Waals surface area contributed by atoms with Gasteiger partial charge in [0.2, 0.25) is 0 Å². The Hall–Kier alpha value is -2.61. The Kier molecular flexibility index (Phi) is 5.97. The fourth-order valence-electron chi connectivity index (χ4n) is 2.21. The molecule has 5 nitrogen and oxygen atoms in total. The lowest BCUT2D eigenvalue weighted by Gasteiger charge is -2.16. The third-order valence-electron chi connectivity index (χ3n) is 3.26. The van der Waals surface area contributed by atoms with E-state index in [9.17, 15) is 13.2 Å². The van der Waals surface area contributed by atoms with Gasteiger partial charge in [-0.1, -0.05) is 6.07 Å². The van der Waals surface area contributed by atoms with Crippen LogP contribution in [0.5, 0.6) is 23.0 Å². The van der Waals surface area contributed by atoms with Gasteiger partial charge < -0.3 is 24.7 Å². The van der Waals surface area contributed by atoms with Crippen molar-refractivity contribution in [3.05, 3.63) is 36.4 Å². The predicted molar refractivity (Wildman–Crippen MR) is 86.2 cm³/mol. The maximum atomic E-state index is 12.7. The number of nitrogens with two attached hydrogens (primary N) is 1. The van der Waals surface area contributed by atoms with E-state index in [-0.39, 0.29) is 18.9 Å². The molecule has 2 N–H and O–H groups in total. The van der Waals surface area contributed by atoms with E-state index in [2.05, 4.69) is 4.74 Å². The summed E-state index contributed by atoms with van der Waals surface area (Å²) in [6, 6.07) is 9.24. The minimum absolute atomic E-state index is 0.0478. The Morgan fingerprint density at radius 1 is 0.920 bits per heavy atom. The Morgan fingerprint density at radius 3 is 2.24 bits per heavy atom. The van der Waals surface area contributed by atoms with Crippen LogP contribution in [-0.2, 0) is 0 Å². The van der Waals surface area contributed by atoms with Crippen LogP contribution in [0, 0.1) is 0 Å². The number of rotatable bonds is 7. The number of hydrogen-bond acceptors (Lipinski definition) is 5. The summed E-state index contributed by atoms with van der Waals surface area (Å²) < 4.78 is 57.8. The summed E-state index contributed by atoms with van der Waals surface area (Å²) in [6.45, 7) is 0.229. The van der Waals surface area contributed by atoms with Gasteiger partial charge >= 0.3 is 6.36 Å². The third kappa shape index (κ3) is 4.93. The smallest absolute Gasteiger partial charge is 0.497 e. The molecular weight excluding hydrogens is 339 g/mol. The van der Waals surface area contributed by atoms with Crippen molar-refractivity contribution in [2.75, 3.05) is 27.4 Å². The number of halogens is 3. The van der Waals surface area contributed by atoms with Crippen LogP contribution in [0.25, 0.3) is 11.1 Å². The average Bonchev–Trinajstić information content (AvgIpc) is 2.58. The minimum Gasteiger partial charge on any atom is -0.497 e. The van der Waals surface area contributed by atoms with Gasteiger partial charge in [-0.15, -0.1) is 13.2 Å². The summed E-state index contributed by atoms with van der Waals surface area (Å²) in [7, 11) is 2.96.